The van der Waals surface area contributed by atoms with Crippen LogP contribution in [0.3, 0.4) is 0 Å². The van der Waals surface area contributed by atoms with Crippen molar-refractivity contribution in [2.24, 2.45) is 5.92 Å². The summed E-state index contributed by atoms with van der Waals surface area (Å²) in [4.78, 5) is 11.3. The van der Waals surface area contributed by atoms with Crippen molar-refractivity contribution in [2.75, 3.05) is 19.6 Å². The number of aryl methyl sites for hydroxylation is 1. The monoisotopic (exact) mass is 518 g/mol. The zero-order chi connectivity index (χ0) is 26.4. The van der Waals surface area contributed by atoms with Crippen LogP contribution in [0, 0.1) is 5.92 Å². The molecular weight excluding hydrogens is 480 g/mol. The van der Waals surface area contributed by atoms with Gasteiger partial charge in [0.15, 0.2) is 6.61 Å². The van der Waals surface area contributed by atoms with E-state index in [1.54, 1.807) is 13.1 Å². The van der Waals surface area contributed by atoms with Crippen LogP contribution in [-0.4, -0.2) is 55.5 Å². The summed E-state index contributed by atoms with van der Waals surface area (Å²) in [6, 6.07) is 11.8. The number of ether oxygens (including phenoxy) is 1. The number of rotatable bonds is 8. The fourth-order valence-corrected chi connectivity index (χ4v) is 7.10. The fourth-order valence-electron chi connectivity index (χ4n) is 7.10. The molecule has 0 spiro atoms. The molecule has 3 aliphatic rings. The van der Waals surface area contributed by atoms with E-state index in [4.69, 9.17) is 9.26 Å². The second kappa shape index (κ2) is 9.74. The third-order valence-corrected chi connectivity index (χ3v) is 9.44. The van der Waals surface area contributed by atoms with E-state index >= 15 is 0 Å². The molecule has 2 N–H and O–H groups in total. The Labute approximate surface area is 224 Å². The Morgan fingerprint density at radius 2 is 2.05 bits per heavy atom. The Morgan fingerprint density at radius 1 is 1.18 bits per heavy atom. The van der Waals surface area contributed by atoms with Gasteiger partial charge in [0, 0.05) is 24.6 Å². The van der Waals surface area contributed by atoms with E-state index in [0.717, 1.165) is 51.1 Å². The Bertz CT molecular complexity index is 1270. The van der Waals surface area contributed by atoms with Gasteiger partial charge in [-0.1, -0.05) is 24.2 Å². The number of aliphatic hydroxyl groups is 2. The molecule has 2 aromatic heterocycles. The van der Waals surface area contributed by atoms with Gasteiger partial charge in [0.25, 0.3) is 0 Å². The minimum absolute atomic E-state index is 0.213. The molecule has 0 radical (unpaired) electrons. The highest BCUT2D eigenvalue weighted by molar-refractivity contribution is 5.45. The molecule has 2 fully saturated rings. The van der Waals surface area contributed by atoms with Gasteiger partial charge in [-0.2, -0.15) is 4.98 Å². The molecule has 1 saturated heterocycles. The highest BCUT2D eigenvalue weighted by Crippen LogP contribution is 2.59. The summed E-state index contributed by atoms with van der Waals surface area (Å²) in [5, 5.41) is 27.6. The van der Waals surface area contributed by atoms with Crippen molar-refractivity contribution in [2.45, 2.75) is 82.0 Å². The van der Waals surface area contributed by atoms with Gasteiger partial charge in [0.2, 0.25) is 11.7 Å². The first-order valence-corrected chi connectivity index (χ1v) is 14.0. The fraction of sp³-hybridized carbons (Fsp3) is 0.567. The molecule has 1 saturated carbocycles. The Kier molecular flexibility index (Phi) is 6.53. The van der Waals surface area contributed by atoms with Crippen molar-refractivity contribution in [1.82, 2.24) is 20.0 Å². The van der Waals surface area contributed by atoms with Gasteiger partial charge in [-0.05, 0) is 99.8 Å². The first kappa shape index (κ1) is 25.5. The molecule has 2 aliphatic carbocycles. The Balaban J connectivity index is 1.18. The number of pyridine rings is 1. The van der Waals surface area contributed by atoms with Gasteiger partial charge in [-0.25, -0.2) is 0 Å². The SMILES string of the molecule is CC[C@@]12C[C@@](C)(O)[C@](O)(c3ccccn3)C[C@H]1CCc1cc(OCc3noc(CCN4CCC4)n3)ccc12. The zero-order valence-electron chi connectivity index (χ0n) is 22.4. The van der Waals surface area contributed by atoms with Crippen molar-refractivity contribution in [3.05, 3.63) is 71.1 Å². The van der Waals surface area contributed by atoms with Gasteiger partial charge in [0.05, 0.1) is 11.3 Å². The maximum absolute atomic E-state index is 11.8. The number of benzene rings is 1. The van der Waals surface area contributed by atoms with E-state index in [1.807, 2.05) is 24.3 Å². The maximum atomic E-state index is 11.8. The molecule has 8 nitrogen and oxygen atoms in total. The van der Waals surface area contributed by atoms with Gasteiger partial charge in [-0.3, -0.25) is 4.98 Å². The summed E-state index contributed by atoms with van der Waals surface area (Å²) in [5.74, 6) is 2.25. The smallest absolute Gasteiger partial charge is 0.228 e. The topological polar surface area (TPSA) is 105 Å². The van der Waals surface area contributed by atoms with Crippen LogP contribution in [0.25, 0.3) is 0 Å². The van der Waals surface area contributed by atoms with Crippen LogP contribution in [0.5, 0.6) is 5.75 Å². The molecule has 1 aliphatic heterocycles. The molecule has 0 unspecified atom stereocenters. The summed E-state index contributed by atoms with van der Waals surface area (Å²) in [5.41, 5.74) is 0.160. The lowest BCUT2D eigenvalue weighted by molar-refractivity contribution is -0.207. The van der Waals surface area contributed by atoms with Crippen LogP contribution in [-0.2, 0) is 30.5 Å². The number of likely N-dealkylation sites (tertiary alicyclic amines) is 1. The molecule has 0 bridgehead atoms. The summed E-state index contributed by atoms with van der Waals surface area (Å²) < 4.78 is 11.5. The summed E-state index contributed by atoms with van der Waals surface area (Å²) in [7, 11) is 0. The summed E-state index contributed by atoms with van der Waals surface area (Å²) in [6.45, 7) is 7.50. The molecular formula is C30H38N4O4. The minimum Gasteiger partial charge on any atom is -0.485 e. The second-order valence-corrected chi connectivity index (χ2v) is 11.6. The lowest BCUT2D eigenvalue weighted by Gasteiger charge is -2.58. The first-order valence-electron chi connectivity index (χ1n) is 14.0. The lowest BCUT2D eigenvalue weighted by atomic mass is 9.49. The number of nitrogens with zero attached hydrogens (tertiary/aromatic N) is 4. The van der Waals surface area contributed by atoms with Crippen LogP contribution >= 0.6 is 0 Å². The maximum Gasteiger partial charge on any atom is 0.228 e. The molecule has 202 valence electrons. The molecule has 8 heteroatoms. The average molecular weight is 519 g/mol. The van der Waals surface area contributed by atoms with Crippen molar-refractivity contribution in [3.63, 3.8) is 0 Å². The van der Waals surface area contributed by atoms with Crippen molar-refractivity contribution < 1.29 is 19.5 Å². The van der Waals surface area contributed by atoms with Crippen molar-refractivity contribution in [3.8, 4) is 5.75 Å². The van der Waals surface area contributed by atoms with Gasteiger partial charge >= 0.3 is 0 Å². The average Bonchev–Trinajstić information content (AvgIpc) is 3.35. The van der Waals surface area contributed by atoms with Crippen LogP contribution < -0.4 is 4.74 Å². The van der Waals surface area contributed by atoms with E-state index in [9.17, 15) is 10.2 Å². The van der Waals surface area contributed by atoms with Crippen LogP contribution in [0.2, 0.25) is 0 Å². The van der Waals surface area contributed by atoms with Gasteiger partial charge in [-0.15, -0.1) is 0 Å². The van der Waals surface area contributed by atoms with Crippen molar-refractivity contribution >= 4 is 0 Å². The molecule has 1 aromatic carbocycles. The quantitative estimate of drug-likeness (QED) is 0.462. The highest BCUT2D eigenvalue weighted by atomic mass is 16.5. The van der Waals surface area contributed by atoms with Crippen molar-refractivity contribution in [1.29, 1.82) is 0 Å². The predicted molar refractivity (Wildman–Crippen MR) is 142 cm³/mol. The second-order valence-electron chi connectivity index (χ2n) is 11.6. The van der Waals surface area contributed by atoms with E-state index in [2.05, 4.69) is 39.1 Å². The normalized spacial score (nSPS) is 30.8. The van der Waals surface area contributed by atoms with Crippen LogP contribution in [0.15, 0.2) is 47.1 Å². The Hall–Kier alpha value is -2.81. The minimum atomic E-state index is -1.38. The third-order valence-electron chi connectivity index (χ3n) is 9.44. The largest absolute Gasteiger partial charge is 0.485 e. The zero-order valence-corrected chi connectivity index (χ0v) is 22.4. The first-order chi connectivity index (χ1) is 18.3. The molecule has 3 heterocycles. The Morgan fingerprint density at radius 3 is 2.79 bits per heavy atom. The number of hydrogen-bond donors (Lipinski definition) is 2. The summed E-state index contributed by atoms with van der Waals surface area (Å²) in [6.07, 6.45) is 7.43. The van der Waals surface area contributed by atoms with Gasteiger partial charge < -0.3 is 24.4 Å². The molecule has 3 aromatic rings. The molecule has 4 atom stereocenters. The summed E-state index contributed by atoms with van der Waals surface area (Å²) >= 11 is 0. The molecule has 0 amide bonds. The van der Waals surface area contributed by atoms with E-state index in [0.29, 0.717) is 30.3 Å². The van der Waals surface area contributed by atoms with Gasteiger partial charge in [0.1, 0.15) is 11.4 Å². The number of aromatic nitrogens is 3. The molecule has 38 heavy (non-hydrogen) atoms. The van der Waals surface area contributed by atoms with E-state index < -0.39 is 11.2 Å². The number of fused-ring (bicyclic) bond motifs is 3. The molecule has 6 rings (SSSR count). The van der Waals surface area contributed by atoms with E-state index in [1.165, 1.54) is 17.5 Å². The van der Waals surface area contributed by atoms with Crippen LogP contribution in [0.1, 0.15) is 74.5 Å². The number of hydrogen-bond acceptors (Lipinski definition) is 8. The third kappa shape index (κ3) is 4.32. The van der Waals surface area contributed by atoms with E-state index in [-0.39, 0.29) is 17.9 Å². The lowest BCUT2D eigenvalue weighted by Crippen LogP contribution is -2.62. The van der Waals surface area contributed by atoms with Crippen LogP contribution in [0.4, 0.5) is 0 Å². The highest BCUT2D eigenvalue weighted by Gasteiger charge is 2.61. The standard InChI is InChI=1S/C30H38N4O4/c1-3-29-20-28(2,35)30(36,25-7-4-5-13-31-25)18-22(29)9-8-21-17-23(10-11-24(21)29)37-19-26-32-27(38-33-26)12-16-34-14-6-15-34/h4-5,7,10-11,13,17,22,35-36H,3,6,8-9,12,14-16,18-20H2,1-2H3/t22-,28-,29-,30-/m1/s1. The predicted octanol–water partition coefficient (Wildman–Crippen LogP) is 3.93.